The van der Waals surface area contributed by atoms with Gasteiger partial charge in [0, 0.05) is 17.7 Å². The maximum atomic E-state index is 12.6. The van der Waals surface area contributed by atoms with Crippen LogP contribution in [-0.2, 0) is 16.0 Å². The first kappa shape index (κ1) is 29.9. The third kappa shape index (κ3) is 9.22. The number of amides is 2. The number of carbonyl (C=O) groups is 3. The predicted molar refractivity (Wildman–Crippen MR) is 138 cm³/mol. The van der Waals surface area contributed by atoms with Crippen LogP contribution in [0.5, 0.6) is 5.75 Å². The topological polar surface area (TPSA) is 141 Å². The molecule has 10 heteroatoms. The van der Waals surface area contributed by atoms with Crippen LogP contribution in [0.25, 0.3) is 11.3 Å². The molecule has 2 amide bonds. The van der Waals surface area contributed by atoms with Crippen molar-refractivity contribution in [3.63, 3.8) is 0 Å². The van der Waals surface area contributed by atoms with Gasteiger partial charge < -0.3 is 19.6 Å². The lowest BCUT2D eigenvalue weighted by atomic mass is 9.91. The third-order valence-electron chi connectivity index (χ3n) is 6.19. The Kier molecular flexibility index (Phi) is 12.7. The number of unbranched alkanes of at least 4 members (excludes halogenated alkanes) is 2. The summed E-state index contributed by atoms with van der Waals surface area (Å²) in [5.41, 5.74) is 1.23. The molecule has 4 N–H and O–H groups in total. The average Bonchev–Trinajstić information content (AvgIpc) is 3.38. The smallest absolute Gasteiger partial charge is 0.307 e. The maximum absolute atomic E-state index is 12.6. The number of hydrogen-bond donors (Lipinski definition) is 4. The summed E-state index contributed by atoms with van der Waals surface area (Å²) in [4.78, 5) is 34.8. The van der Waals surface area contributed by atoms with Crippen molar-refractivity contribution < 1.29 is 33.9 Å². The summed E-state index contributed by atoms with van der Waals surface area (Å²) in [5.74, 6) is -0.240. The Hall–Kier alpha value is -3.37. The number of furan rings is 1. The molecule has 37 heavy (non-hydrogen) atoms. The van der Waals surface area contributed by atoms with Gasteiger partial charge in [-0.25, -0.2) is 5.06 Å². The molecule has 10 nitrogen and oxygen atoms in total. The molecule has 2 aromatic rings. The Labute approximate surface area is 217 Å². The number of rotatable bonds is 18. The van der Waals surface area contributed by atoms with Gasteiger partial charge in [-0.3, -0.25) is 24.9 Å². The van der Waals surface area contributed by atoms with Crippen molar-refractivity contribution in [2.75, 3.05) is 19.8 Å². The summed E-state index contributed by atoms with van der Waals surface area (Å²) in [6, 6.07) is 8.07. The molecule has 0 radical (unpaired) electrons. The first-order valence-corrected chi connectivity index (χ1v) is 12.8. The molecular formula is C27H39N3O7. The average molecular weight is 518 g/mol. The van der Waals surface area contributed by atoms with Gasteiger partial charge >= 0.3 is 5.97 Å². The number of ether oxygens (including phenoxy) is 1. The Bertz CT molecular complexity index is 1010. The van der Waals surface area contributed by atoms with E-state index in [1.165, 1.54) is 0 Å². The fraction of sp³-hybridized carbons (Fsp3) is 0.519. The van der Waals surface area contributed by atoms with Crippen LogP contribution in [0.3, 0.4) is 0 Å². The van der Waals surface area contributed by atoms with Crippen LogP contribution < -0.4 is 15.4 Å². The second-order valence-corrected chi connectivity index (χ2v) is 8.84. The highest BCUT2D eigenvalue weighted by Gasteiger charge is 2.24. The molecular weight excluding hydrogens is 478 g/mol. The largest absolute Gasteiger partial charge is 0.494 e. The number of nitrogens with one attached hydrogen (secondary N) is 2. The number of carboxylic acids is 1. The van der Waals surface area contributed by atoms with E-state index in [4.69, 9.17) is 14.3 Å². The lowest BCUT2D eigenvalue weighted by molar-refractivity contribution is -0.166. The molecule has 0 aliphatic heterocycles. The molecule has 0 fully saturated rings. The van der Waals surface area contributed by atoms with E-state index in [1.807, 2.05) is 13.8 Å². The van der Waals surface area contributed by atoms with Gasteiger partial charge in [0.1, 0.15) is 11.5 Å². The van der Waals surface area contributed by atoms with E-state index in [2.05, 4.69) is 17.6 Å². The normalized spacial score (nSPS) is 12.5. The van der Waals surface area contributed by atoms with Gasteiger partial charge in [0.2, 0.25) is 6.41 Å². The first-order valence-electron chi connectivity index (χ1n) is 12.8. The first-order chi connectivity index (χ1) is 17.8. The van der Waals surface area contributed by atoms with Gasteiger partial charge in [-0.15, -0.1) is 0 Å². The van der Waals surface area contributed by atoms with Crippen LogP contribution in [0, 0.1) is 5.92 Å². The van der Waals surface area contributed by atoms with E-state index in [-0.39, 0.29) is 30.8 Å². The molecule has 0 aliphatic rings. The fourth-order valence-corrected chi connectivity index (χ4v) is 4.31. The van der Waals surface area contributed by atoms with E-state index >= 15 is 0 Å². The molecule has 0 aliphatic carbocycles. The van der Waals surface area contributed by atoms with Crippen LogP contribution in [0.4, 0.5) is 0 Å². The summed E-state index contributed by atoms with van der Waals surface area (Å²) in [6.45, 7) is 6.98. The van der Waals surface area contributed by atoms with Crippen LogP contribution >= 0.6 is 0 Å². The molecule has 1 aromatic carbocycles. The summed E-state index contributed by atoms with van der Waals surface area (Å²) >= 11 is 0. The SMILES string of the molecule is CCCCCC(CNCNC(=O)c1ccc(-c2ccc(CC(=O)O)c(OCC)c2)o1)C(CC)N(O)C=O. The van der Waals surface area contributed by atoms with E-state index in [9.17, 15) is 19.6 Å². The molecule has 0 saturated carbocycles. The third-order valence-corrected chi connectivity index (χ3v) is 6.19. The van der Waals surface area contributed by atoms with Crippen LogP contribution in [-0.4, -0.2) is 59.5 Å². The quantitative estimate of drug-likeness (QED) is 0.0762. The van der Waals surface area contributed by atoms with Gasteiger partial charge in [0.25, 0.3) is 5.91 Å². The Morgan fingerprint density at radius 1 is 1.16 bits per heavy atom. The van der Waals surface area contributed by atoms with Gasteiger partial charge in [0.15, 0.2) is 5.76 Å². The minimum atomic E-state index is -0.950. The monoisotopic (exact) mass is 517 g/mol. The Morgan fingerprint density at radius 3 is 2.59 bits per heavy atom. The van der Waals surface area contributed by atoms with Gasteiger partial charge in [0.05, 0.1) is 25.7 Å². The Balaban J connectivity index is 1.97. The van der Waals surface area contributed by atoms with E-state index in [0.717, 1.165) is 30.7 Å². The fourth-order valence-electron chi connectivity index (χ4n) is 4.31. The van der Waals surface area contributed by atoms with Crippen molar-refractivity contribution in [2.45, 2.75) is 65.3 Å². The van der Waals surface area contributed by atoms with Crippen molar-refractivity contribution in [2.24, 2.45) is 5.92 Å². The lowest BCUT2D eigenvalue weighted by Crippen LogP contribution is -2.44. The minimum absolute atomic E-state index is 0.0440. The zero-order chi connectivity index (χ0) is 27.2. The number of carboxylic acid groups (broad SMARTS) is 1. The molecule has 2 rings (SSSR count). The number of hydroxylamine groups is 2. The van der Waals surface area contributed by atoms with Gasteiger partial charge in [-0.1, -0.05) is 45.2 Å². The molecule has 2 unspecified atom stereocenters. The lowest BCUT2D eigenvalue weighted by Gasteiger charge is -2.30. The molecule has 1 aromatic heterocycles. The maximum Gasteiger partial charge on any atom is 0.307 e. The summed E-state index contributed by atoms with van der Waals surface area (Å²) < 4.78 is 11.3. The highest BCUT2D eigenvalue weighted by Crippen LogP contribution is 2.29. The van der Waals surface area contributed by atoms with Crippen molar-refractivity contribution >= 4 is 18.3 Å². The van der Waals surface area contributed by atoms with Crippen molar-refractivity contribution in [3.05, 3.63) is 41.7 Å². The highest BCUT2D eigenvalue weighted by atomic mass is 16.5. The zero-order valence-corrected chi connectivity index (χ0v) is 21.9. The summed E-state index contributed by atoms with van der Waals surface area (Å²) in [5, 5.41) is 25.8. The highest BCUT2D eigenvalue weighted by molar-refractivity contribution is 5.92. The van der Waals surface area contributed by atoms with E-state index in [0.29, 0.717) is 48.6 Å². The van der Waals surface area contributed by atoms with Crippen molar-refractivity contribution in [1.29, 1.82) is 0 Å². The van der Waals surface area contributed by atoms with Crippen LogP contribution in [0.15, 0.2) is 34.7 Å². The predicted octanol–water partition coefficient (Wildman–Crippen LogP) is 4.07. The molecule has 0 spiro atoms. The number of nitrogens with zero attached hydrogens (tertiary/aromatic N) is 1. The van der Waals surface area contributed by atoms with E-state index in [1.54, 1.807) is 30.3 Å². The minimum Gasteiger partial charge on any atom is -0.494 e. The Morgan fingerprint density at radius 2 is 1.95 bits per heavy atom. The van der Waals surface area contributed by atoms with Crippen molar-refractivity contribution in [3.8, 4) is 17.1 Å². The van der Waals surface area contributed by atoms with Crippen LogP contribution in [0.1, 0.15) is 69.0 Å². The molecule has 0 saturated heterocycles. The van der Waals surface area contributed by atoms with Gasteiger partial charge in [-0.2, -0.15) is 0 Å². The second kappa shape index (κ2) is 15.7. The van der Waals surface area contributed by atoms with E-state index < -0.39 is 11.9 Å². The molecule has 2 atom stereocenters. The van der Waals surface area contributed by atoms with Gasteiger partial charge in [-0.05, 0) is 43.9 Å². The molecule has 1 heterocycles. The standard InChI is InChI=1S/C27H39N3O7/c1-4-7-8-9-21(22(5-2)30(35)18-31)16-28-17-29-27(34)24-13-12-23(37-24)19-10-11-20(15-26(32)33)25(14-19)36-6-3/h10-14,18,21-22,28,35H,4-9,15-17H2,1-3H3,(H,29,34)(H,32,33). The summed E-state index contributed by atoms with van der Waals surface area (Å²) in [6.07, 6.45) is 4.91. The molecule has 204 valence electrons. The number of aliphatic carboxylic acids is 1. The molecule has 0 bridgehead atoms. The number of benzene rings is 1. The number of hydrogen-bond acceptors (Lipinski definition) is 7. The summed E-state index contributed by atoms with van der Waals surface area (Å²) in [7, 11) is 0. The van der Waals surface area contributed by atoms with Crippen LogP contribution in [0.2, 0.25) is 0 Å². The number of carbonyl (C=O) groups excluding carboxylic acids is 2. The second-order valence-electron chi connectivity index (χ2n) is 8.84. The zero-order valence-electron chi connectivity index (χ0n) is 21.9. The van der Waals surface area contributed by atoms with Crippen molar-refractivity contribution in [1.82, 2.24) is 15.7 Å².